The fraction of sp³-hybridized carbons (Fsp3) is 0.211. The smallest absolute Gasteiger partial charge is 0.336 e. The lowest BCUT2D eigenvalue weighted by atomic mass is 9.76. The van der Waals surface area contributed by atoms with Crippen molar-refractivity contribution < 1.29 is 9.53 Å². The summed E-state index contributed by atoms with van der Waals surface area (Å²) in [7, 11) is 0. The van der Waals surface area contributed by atoms with E-state index in [1.807, 2.05) is 24.3 Å². The normalized spacial score (nSPS) is 17.0. The van der Waals surface area contributed by atoms with Crippen LogP contribution in [-0.4, -0.2) is 5.97 Å². The van der Waals surface area contributed by atoms with Crippen molar-refractivity contribution in [1.82, 2.24) is 0 Å². The van der Waals surface area contributed by atoms with Gasteiger partial charge in [0.2, 0.25) is 0 Å². The van der Waals surface area contributed by atoms with E-state index in [-0.39, 0.29) is 5.97 Å². The van der Waals surface area contributed by atoms with Crippen LogP contribution in [0.5, 0.6) is 5.75 Å². The Morgan fingerprint density at radius 2 is 1.62 bits per heavy atom. The summed E-state index contributed by atoms with van der Waals surface area (Å²) in [5.74, 6) is 0.983. The first-order chi connectivity index (χ1) is 10.3. The maximum atomic E-state index is 11.8. The van der Waals surface area contributed by atoms with Crippen molar-refractivity contribution in [3.05, 3.63) is 77.9 Å². The summed E-state index contributed by atoms with van der Waals surface area (Å²) >= 11 is 0. The van der Waals surface area contributed by atoms with Crippen LogP contribution in [0, 0.1) is 5.92 Å². The van der Waals surface area contributed by atoms with Crippen molar-refractivity contribution in [3.63, 3.8) is 0 Å². The van der Waals surface area contributed by atoms with Crippen LogP contribution in [0.1, 0.15) is 18.4 Å². The largest absolute Gasteiger partial charge is 0.423 e. The minimum Gasteiger partial charge on any atom is -0.423 e. The summed E-state index contributed by atoms with van der Waals surface area (Å²) in [6.45, 7) is 0. The lowest BCUT2D eigenvalue weighted by molar-refractivity contribution is -0.129. The Bertz CT molecular complexity index is 621. The van der Waals surface area contributed by atoms with Gasteiger partial charge in [0.25, 0.3) is 0 Å². The van der Waals surface area contributed by atoms with Crippen LogP contribution in [0.25, 0.3) is 0 Å². The van der Waals surface area contributed by atoms with Gasteiger partial charge >= 0.3 is 5.97 Å². The molecule has 106 valence electrons. The van der Waals surface area contributed by atoms with E-state index < -0.39 is 0 Å². The van der Waals surface area contributed by atoms with Crippen LogP contribution in [0.3, 0.4) is 0 Å². The number of esters is 1. The van der Waals surface area contributed by atoms with E-state index in [1.54, 1.807) is 18.2 Å². The zero-order valence-corrected chi connectivity index (χ0v) is 11.9. The Morgan fingerprint density at radius 1 is 1.00 bits per heavy atom. The highest BCUT2D eigenvalue weighted by Gasteiger charge is 2.24. The number of ether oxygens (including phenoxy) is 1. The molecule has 21 heavy (non-hydrogen) atoms. The second-order valence-corrected chi connectivity index (χ2v) is 5.50. The molecule has 0 radical (unpaired) electrons. The van der Waals surface area contributed by atoms with E-state index in [9.17, 15) is 4.79 Å². The van der Waals surface area contributed by atoms with Gasteiger partial charge in [-0.3, -0.25) is 0 Å². The van der Waals surface area contributed by atoms with Crippen molar-refractivity contribution in [2.45, 2.75) is 19.3 Å². The molecule has 0 atom stereocenters. The number of carbonyl (C=O) groups is 1. The predicted octanol–water partition coefficient (Wildman–Crippen LogP) is 4.17. The van der Waals surface area contributed by atoms with Crippen LogP contribution >= 0.6 is 0 Å². The molecule has 2 heteroatoms. The molecular formula is C19H18O2. The van der Waals surface area contributed by atoms with Gasteiger partial charge in [-0.1, -0.05) is 54.1 Å². The molecule has 0 heterocycles. The third-order valence-corrected chi connectivity index (χ3v) is 3.75. The molecule has 0 spiro atoms. The molecule has 0 amide bonds. The molecule has 0 aliphatic heterocycles. The number of allylic oxidation sites excluding steroid dienone is 1. The Balaban J connectivity index is 1.48. The maximum absolute atomic E-state index is 11.8. The summed E-state index contributed by atoms with van der Waals surface area (Å²) in [6.07, 6.45) is 4.73. The van der Waals surface area contributed by atoms with Gasteiger partial charge in [-0.15, -0.1) is 0 Å². The molecule has 1 aliphatic rings. The van der Waals surface area contributed by atoms with Gasteiger partial charge in [-0.2, -0.15) is 0 Å². The number of para-hydroxylation sites is 1. The number of hydrogen-bond donors (Lipinski definition) is 0. The molecule has 2 aromatic rings. The third-order valence-electron chi connectivity index (χ3n) is 3.75. The molecule has 1 saturated carbocycles. The van der Waals surface area contributed by atoms with Gasteiger partial charge in [0.15, 0.2) is 0 Å². The Kier molecular flexibility index (Phi) is 4.15. The van der Waals surface area contributed by atoms with E-state index in [1.165, 1.54) is 11.1 Å². The Labute approximate surface area is 125 Å². The Morgan fingerprint density at radius 3 is 2.29 bits per heavy atom. The molecule has 0 N–H and O–H groups in total. The molecule has 2 nitrogen and oxygen atoms in total. The zero-order valence-electron chi connectivity index (χ0n) is 11.9. The molecule has 2 aromatic carbocycles. The molecule has 0 aromatic heterocycles. The molecular weight excluding hydrogens is 260 g/mol. The highest BCUT2D eigenvalue weighted by molar-refractivity contribution is 5.85. The zero-order chi connectivity index (χ0) is 14.5. The summed E-state index contributed by atoms with van der Waals surface area (Å²) in [5.41, 5.74) is 2.56. The second-order valence-electron chi connectivity index (χ2n) is 5.50. The van der Waals surface area contributed by atoms with E-state index >= 15 is 0 Å². The minimum atomic E-state index is -0.269. The average Bonchev–Trinajstić information content (AvgIpc) is 2.47. The van der Waals surface area contributed by atoms with Crippen molar-refractivity contribution in [2.75, 3.05) is 0 Å². The van der Waals surface area contributed by atoms with Crippen molar-refractivity contribution in [2.24, 2.45) is 5.92 Å². The highest BCUT2D eigenvalue weighted by atomic mass is 16.5. The van der Waals surface area contributed by atoms with Crippen LogP contribution in [0.4, 0.5) is 0 Å². The van der Waals surface area contributed by atoms with Gasteiger partial charge in [0.05, 0.1) is 0 Å². The summed E-state index contributed by atoms with van der Waals surface area (Å²) in [4.78, 5) is 11.8. The monoisotopic (exact) mass is 278 g/mol. The Hall–Kier alpha value is -2.35. The fourth-order valence-electron chi connectivity index (χ4n) is 2.69. The first-order valence-corrected chi connectivity index (χ1v) is 7.30. The minimum absolute atomic E-state index is 0.269. The number of rotatable bonds is 4. The van der Waals surface area contributed by atoms with E-state index in [0.29, 0.717) is 11.7 Å². The van der Waals surface area contributed by atoms with Crippen LogP contribution in [0.15, 0.2) is 72.3 Å². The topological polar surface area (TPSA) is 26.3 Å². The van der Waals surface area contributed by atoms with Gasteiger partial charge in [-0.05, 0) is 42.9 Å². The first-order valence-electron chi connectivity index (χ1n) is 7.30. The lowest BCUT2D eigenvalue weighted by Gasteiger charge is -2.29. The van der Waals surface area contributed by atoms with E-state index in [2.05, 4.69) is 24.3 Å². The SMILES string of the molecule is O=C(C=C1CC(Cc2ccccc2)C1)Oc1ccccc1. The average molecular weight is 278 g/mol. The van der Waals surface area contributed by atoms with Crippen molar-refractivity contribution >= 4 is 5.97 Å². The van der Waals surface area contributed by atoms with Crippen LogP contribution in [0.2, 0.25) is 0 Å². The van der Waals surface area contributed by atoms with Gasteiger partial charge in [-0.25, -0.2) is 4.79 Å². The lowest BCUT2D eigenvalue weighted by Crippen LogP contribution is -2.19. The van der Waals surface area contributed by atoms with Gasteiger partial charge < -0.3 is 4.74 Å². The third kappa shape index (κ3) is 3.82. The summed E-state index contributed by atoms with van der Waals surface area (Å²) < 4.78 is 5.26. The number of hydrogen-bond acceptors (Lipinski definition) is 2. The van der Waals surface area contributed by atoms with Crippen molar-refractivity contribution in [1.29, 1.82) is 0 Å². The quantitative estimate of drug-likeness (QED) is 0.476. The molecule has 0 saturated heterocycles. The number of carbonyl (C=O) groups excluding carboxylic acids is 1. The first kappa shape index (κ1) is 13.6. The van der Waals surface area contributed by atoms with Crippen molar-refractivity contribution in [3.8, 4) is 5.75 Å². The maximum Gasteiger partial charge on any atom is 0.336 e. The van der Waals surface area contributed by atoms with Gasteiger partial charge in [0.1, 0.15) is 5.75 Å². The molecule has 1 fully saturated rings. The highest BCUT2D eigenvalue weighted by Crippen LogP contribution is 2.35. The van der Waals surface area contributed by atoms with Crippen LogP contribution in [-0.2, 0) is 11.2 Å². The molecule has 3 rings (SSSR count). The predicted molar refractivity (Wildman–Crippen MR) is 83.0 cm³/mol. The van der Waals surface area contributed by atoms with Crippen LogP contribution < -0.4 is 4.74 Å². The summed E-state index contributed by atoms with van der Waals surface area (Å²) in [5, 5.41) is 0. The van der Waals surface area contributed by atoms with E-state index in [4.69, 9.17) is 4.74 Å². The summed E-state index contributed by atoms with van der Waals surface area (Å²) in [6, 6.07) is 19.7. The fourth-order valence-corrected chi connectivity index (χ4v) is 2.69. The second kappa shape index (κ2) is 6.40. The molecule has 0 unspecified atom stereocenters. The molecule has 0 bridgehead atoms. The van der Waals surface area contributed by atoms with Gasteiger partial charge in [0, 0.05) is 6.08 Å². The standard InChI is InChI=1S/C19H18O2/c20-19(21-18-9-5-2-6-10-18)14-17-12-16(13-17)11-15-7-3-1-4-8-15/h1-10,14,16H,11-13H2. The number of benzene rings is 2. The van der Waals surface area contributed by atoms with E-state index in [0.717, 1.165) is 19.3 Å². The molecule has 1 aliphatic carbocycles.